The number of nitrogens with two attached hydrogens (primary N) is 1. The normalized spacial score (nSPS) is 19.4. The highest BCUT2D eigenvalue weighted by molar-refractivity contribution is 6.56. The van der Waals surface area contributed by atoms with Crippen molar-refractivity contribution in [3.8, 4) is 0 Å². The molecule has 1 aliphatic rings. The fraction of sp³-hybridized carbons (Fsp3) is 0.533. The van der Waals surface area contributed by atoms with E-state index < -0.39 is 18.3 Å². The van der Waals surface area contributed by atoms with Crippen LogP contribution < -0.4 is 11.1 Å². The van der Waals surface area contributed by atoms with E-state index in [1.807, 2.05) is 27.7 Å². The molecule has 0 saturated carbocycles. The summed E-state index contributed by atoms with van der Waals surface area (Å²) < 4.78 is 12.1. The van der Waals surface area contributed by atoms with Crippen molar-refractivity contribution in [2.75, 3.05) is 12.3 Å². The van der Waals surface area contributed by atoms with Gasteiger partial charge in [-0.3, -0.25) is 4.79 Å². The molecule has 1 aromatic rings. The van der Waals surface area contributed by atoms with Crippen LogP contribution in [0.4, 0.5) is 5.82 Å². The van der Waals surface area contributed by atoms with Crippen LogP contribution in [0.5, 0.6) is 0 Å². The van der Waals surface area contributed by atoms with Crippen LogP contribution in [-0.4, -0.2) is 40.7 Å². The summed E-state index contributed by atoms with van der Waals surface area (Å²) in [7, 11) is -0.637. The first-order chi connectivity index (χ1) is 11.0. The highest BCUT2D eigenvalue weighted by atomic mass is 35.5. The fourth-order valence-corrected chi connectivity index (χ4v) is 2.24. The highest BCUT2D eigenvalue weighted by Crippen LogP contribution is 2.38. The Morgan fingerprint density at radius 2 is 1.96 bits per heavy atom. The third kappa shape index (κ3) is 4.06. The zero-order valence-electron chi connectivity index (χ0n) is 14.5. The molecule has 24 heavy (non-hydrogen) atoms. The van der Waals surface area contributed by atoms with Gasteiger partial charge >= 0.3 is 7.12 Å². The lowest BCUT2D eigenvalue weighted by molar-refractivity contribution is -0.118. The van der Waals surface area contributed by atoms with Crippen LogP contribution in [0.2, 0.25) is 5.15 Å². The summed E-state index contributed by atoms with van der Waals surface area (Å²) in [6.45, 7) is 9.50. The minimum atomic E-state index is -0.637. The quantitative estimate of drug-likeness (QED) is 0.802. The predicted molar refractivity (Wildman–Crippen MR) is 94.2 cm³/mol. The SMILES string of the molecule is CC(=O)NCC(=Cc1nc(Cl)cnc1N)B1OC(C)(C)C(C)(C)O1. The van der Waals surface area contributed by atoms with Gasteiger partial charge in [0, 0.05) is 13.5 Å². The topological polar surface area (TPSA) is 99.4 Å². The van der Waals surface area contributed by atoms with Crippen LogP contribution >= 0.6 is 11.6 Å². The Labute approximate surface area is 147 Å². The number of anilines is 1. The lowest BCUT2D eigenvalue weighted by Crippen LogP contribution is -2.41. The third-order valence-electron chi connectivity index (χ3n) is 4.22. The fourth-order valence-electron chi connectivity index (χ4n) is 2.10. The van der Waals surface area contributed by atoms with Crippen molar-refractivity contribution in [1.29, 1.82) is 0 Å². The Bertz CT molecular complexity index is 663. The van der Waals surface area contributed by atoms with Gasteiger partial charge in [0.25, 0.3) is 0 Å². The van der Waals surface area contributed by atoms with E-state index in [9.17, 15) is 4.79 Å². The summed E-state index contributed by atoms with van der Waals surface area (Å²) in [5.74, 6) is 0.0683. The molecule has 0 aromatic carbocycles. The second-order valence-corrected chi connectivity index (χ2v) is 7.07. The van der Waals surface area contributed by atoms with Crippen molar-refractivity contribution in [3.05, 3.63) is 22.5 Å². The summed E-state index contributed by atoms with van der Waals surface area (Å²) in [4.78, 5) is 19.4. The van der Waals surface area contributed by atoms with Gasteiger partial charge in [-0.2, -0.15) is 0 Å². The number of nitrogen functional groups attached to an aromatic ring is 1. The molecule has 0 unspecified atom stereocenters. The smallest absolute Gasteiger partial charge is 0.400 e. The molecule has 130 valence electrons. The number of aromatic nitrogens is 2. The number of rotatable bonds is 4. The summed E-state index contributed by atoms with van der Waals surface area (Å²) >= 11 is 5.89. The molecule has 1 aromatic heterocycles. The van der Waals surface area contributed by atoms with Crippen molar-refractivity contribution in [2.24, 2.45) is 0 Å². The molecule has 7 nitrogen and oxygen atoms in total. The maximum Gasteiger partial charge on any atom is 0.492 e. The second kappa shape index (κ2) is 6.70. The number of amides is 1. The molecule has 9 heteroatoms. The number of nitrogens with zero attached hydrogens (tertiary/aromatic N) is 2. The van der Waals surface area contributed by atoms with E-state index in [0.717, 1.165) is 0 Å². The minimum Gasteiger partial charge on any atom is -0.400 e. The number of carbonyl (C=O) groups is 1. The average molecular weight is 353 g/mol. The Morgan fingerprint density at radius 3 is 2.50 bits per heavy atom. The van der Waals surface area contributed by atoms with E-state index in [-0.39, 0.29) is 23.4 Å². The van der Waals surface area contributed by atoms with Gasteiger partial charge in [0.15, 0.2) is 0 Å². The first-order valence-corrected chi connectivity index (χ1v) is 7.98. The number of hydrogen-bond acceptors (Lipinski definition) is 6. The monoisotopic (exact) mass is 352 g/mol. The van der Waals surface area contributed by atoms with E-state index in [1.54, 1.807) is 6.08 Å². The maximum atomic E-state index is 11.3. The van der Waals surface area contributed by atoms with Gasteiger partial charge in [-0.25, -0.2) is 9.97 Å². The molecule has 0 spiro atoms. The maximum absolute atomic E-state index is 11.3. The minimum absolute atomic E-state index is 0.164. The van der Waals surface area contributed by atoms with Gasteiger partial charge in [0.05, 0.1) is 17.4 Å². The zero-order chi connectivity index (χ0) is 18.1. The third-order valence-corrected chi connectivity index (χ3v) is 4.40. The molecule has 1 fully saturated rings. The van der Waals surface area contributed by atoms with E-state index in [1.165, 1.54) is 13.1 Å². The molecule has 2 rings (SSSR count). The van der Waals surface area contributed by atoms with Gasteiger partial charge in [-0.05, 0) is 39.2 Å². The van der Waals surface area contributed by atoms with E-state index in [4.69, 9.17) is 26.6 Å². The van der Waals surface area contributed by atoms with Crippen LogP contribution in [0.3, 0.4) is 0 Å². The number of nitrogens with one attached hydrogen (secondary N) is 1. The Hall–Kier alpha value is -1.64. The summed E-state index contributed by atoms with van der Waals surface area (Å²) in [5, 5.41) is 2.97. The molecular formula is C15H22BClN4O3. The number of carbonyl (C=O) groups excluding carboxylic acids is 1. The van der Waals surface area contributed by atoms with Crippen LogP contribution in [-0.2, 0) is 14.1 Å². The van der Waals surface area contributed by atoms with Crippen LogP contribution in [0.25, 0.3) is 6.08 Å². The Balaban J connectivity index is 2.37. The van der Waals surface area contributed by atoms with E-state index in [0.29, 0.717) is 11.2 Å². The molecule has 1 saturated heterocycles. The van der Waals surface area contributed by atoms with Gasteiger partial charge in [0.2, 0.25) is 5.91 Å². The largest absolute Gasteiger partial charge is 0.492 e. The molecular weight excluding hydrogens is 330 g/mol. The second-order valence-electron chi connectivity index (χ2n) is 6.68. The average Bonchev–Trinajstić information content (AvgIpc) is 2.66. The molecule has 1 amide bonds. The summed E-state index contributed by atoms with van der Waals surface area (Å²) in [6.07, 6.45) is 3.06. The van der Waals surface area contributed by atoms with Crippen LogP contribution in [0.1, 0.15) is 40.3 Å². The lowest BCUT2D eigenvalue weighted by Gasteiger charge is -2.32. The predicted octanol–water partition coefficient (Wildman–Crippen LogP) is 1.86. The molecule has 0 aliphatic carbocycles. The van der Waals surface area contributed by atoms with Crippen LogP contribution in [0.15, 0.2) is 11.7 Å². The molecule has 0 bridgehead atoms. The summed E-state index contributed by atoms with van der Waals surface area (Å²) in [6, 6.07) is 0. The molecule has 2 heterocycles. The number of hydrogen-bond donors (Lipinski definition) is 2. The van der Waals surface area contributed by atoms with Gasteiger partial charge in [-0.1, -0.05) is 11.6 Å². The lowest BCUT2D eigenvalue weighted by atomic mass is 9.77. The van der Waals surface area contributed by atoms with E-state index in [2.05, 4.69) is 15.3 Å². The zero-order valence-corrected chi connectivity index (χ0v) is 15.3. The summed E-state index contributed by atoms with van der Waals surface area (Å²) in [5.41, 5.74) is 5.92. The van der Waals surface area contributed by atoms with Crippen LogP contribution in [0, 0.1) is 0 Å². The van der Waals surface area contributed by atoms with Crippen molar-refractivity contribution >= 4 is 36.5 Å². The van der Waals surface area contributed by atoms with Crippen molar-refractivity contribution in [3.63, 3.8) is 0 Å². The molecule has 1 aliphatic heterocycles. The van der Waals surface area contributed by atoms with Crippen molar-refractivity contribution in [2.45, 2.75) is 45.8 Å². The van der Waals surface area contributed by atoms with Crippen molar-refractivity contribution in [1.82, 2.24) is 15.3 Å². The first kappa shape index (κ1) is 18.7. The van der Waals surface area contributed by atoms with Crippen molar-refractivity contribution < 1.29 is 14.1 Å². The highest BCUT2D eigenvalue weighted by Gasteiger charge is 2.52. The van der Waals surface area contributed by atoms with E-state index >= 15 is 0 Å². The van der Waals surface area contributed by atoms with Gasteiger partial charge in [-0.15, -0.1) is 0 Å². The molecule has 0 radical (unpaired) electrons. The Kier molecular flexibility index (Phi) is 5.22. The number of halogens is 1. The van der Waals surface area contributed by atoms with Gasteiger partial charge < -0.3 is 20.4 Å². The Morgan fingerprint density at radius 1 is 1.38 bits per heavy atom. The molecule has 0 atom stereocenters. The molecule has 3 N–H and O–H groups in total. The standard InChI is InChI=1S/C15H22BClN4O3/c1-9(22)19-7-10(6-11-13(18)20-8-12(17)21-11)16-23-14(2,3)15(4,5)24-16/h6,8H,7H2,1-5H3,(H2,18,20)(H,19,22). The van der Waals surface area contributed by atoms with Gasteiger partial charge in [0.1, 0.15) is 16.7 Å². The first-order valence-electron chi connectivity index (χ1n) is 7.60.